The van der Waals surface area contributed by atoms with Gasteiger partial charge in [0.25, 0.3) is 0 Å². The SMILES string of the molecule is O=C(CNc1ccc(Br)cc1)Nc1ccccc1Br. The second kappa shape index (κ2) is 6.73. The van der Waals surface area contributed by atoms with Crippen molar-refractivity contribution in [1.29, 1.82) is 0 Å². The summed E-state index contributed by atoms with van der Waals surface area (Å²) in [5, 5.41) is 5.90. The molecule has 0 atom stereocenters. The van der Waals surface area contributed by atoms with Gasteiger partial charge < -0.3 is 10.6 Å². The van der Waals surface area contributed by atoms with E-state index in [2.05, 4.69) is 42.5 Å². The Morgan fingerprint density at radius 1 is 1.00 bits per heavy atom. The highest BCUT2D eigenvalue weighted by molar-refractivity contribution is 9.10. The van der Waals surface area contributed by atoms with Gasteiger partial charge in [-0.15, -0.1) is 0 Å². The topological polar surface area (TPSA) is 41.1 Å². The summed E-state index contributed by atoms with van der Waals surface area (Å²) in [6.07, 6.45) is 0. The highest BCUT2D eigenvalue weighted by Crippen LogP contribution is 2.21. The fraction of sp³-hybridized carbons (Fsp3) is 0.0714. The molecule has 2 aromatic rings. The van der Waals surface area contributed by atoms with Crippen LogP contribution in [0.3, 0.4) is 0 Å². The Balaban J connectivity index is 1.88. The van der Waals surface area contributed by atoms with Crippen LogP contribution in [0.1, 0.15) is 0 Å². The van der Waals surface area contributed by atoms with Crippen LogP contribution in [0.2, 0.25) is 0 Å². The molecule has 0 aliphatic carbocycles. The van der Waals surface area contributed by atoms with Gasteiger partial charge in [-0.1, -0.05) is 28.1 Å². The van der Waals surface area contributed by atoms with Gasteiger partial charge in [-0.25, -0.2) is 0 Å². The van der Waals surface area contributed by atoms with Crippen LogP contribution in [0.15, 0.2) is 57.5 Å². The average Bonchev–Trinajstić information content (AvgIpc) is 2.41. The summed E-state index contributed by atoms with van der Waals surface area (Å²) in [4.78, 5) is 11.8. The van der Waals surface area contributed by atoms with E-state index >= 15 is 0 Å². The fourth-order valence-electron chi connectivity index (χ4n) is 1.51. The smallest absolute Gasteiger partial charge is 0.243 e. The Morgan fingerprint density at radius 2 is 1.68 bits per heavy atom. The largest absolute Gasteiger partial charge is 0.376 e. The van der Waals surface area contributed by atoms with E-state index in [4.69, 9.17) is 0 Å². The van der Waals surface area contributed by atoms with E-state index in [1.54, 1.807) is 0 Å². The van der Waals surface area contributed by atoms with Crippen LogP contribution >= 0.6 is 31.9 Å². The number of rotatable bonds is 4. The Hall–Kier alpha value is -1.33. The van der Waals surface area contributed by atoms with E-state index in [0.717, 1.165) is 20.3 Å². The quantitative estimate of drug-likeness (QED) is 0.827. The maximum atomic E-state index is 11.8. The highest BCUT2D eigenvalue weighted by atomic mass is 79.9. The van der Waals surface area contributed by atoms with Gasteiger partial charge in [0.1, 0.15) is 0 Å². The first-order valence-corrected chi connectivity index (χ1v) is 7.27. The van der Waals surface area contributed by atoms with Crippen molar-refractivity contribution >= 4 is 49.1 Å². The number of hydrogen-bond donors (Lipinski definition) is 2. The number of amides is 1. The van der Waals surface area contributed by atoms with Crippen molar-refractivity contribution in [3.8, 4) is 0 Å². The van der Waals surface area contributed by atoms with Crippen molar-refractivity contribution < 1.29 is 4.79 Å². The van der Waals surface area contributed by atoms with E-state index in [0.29, 0.717) is 0 Å². The first-order valence-electron chi connectivity index (χ1n) is 5.69. The Bertz CT molecular complexity index is 570. The van der Waals surface area contributed by atoms with Crippen LogP contribution in [-0.4, -0.2) is 12.5 Å². The Labute approximate surface area is 128 Å². The predicted molar refractivity (Wildman–Crippen MR) is 85.4 cm³/mol. The molecule has 0 spiro atoms. The summed E-state index contributed by atoms with van der Waals surface area (Å²) in [5.41, 5.74) is 1.68. The molecule has 2 rings (SSSR count). The molecule has 0 aliphatic rings. The third kappa shape index (κ3) is 4.36. The molecule has 1 amide bonds. The third-order valence-corrected chi connectivity index (χ3v) is 3.67. The van der Waals surface area contributed by atoms with Crippen LogP contribution in [-0.2, 0) is 4.79 Å². The van der Waals surface area contributed by atoms with E-state index in [1.807, 2.05) is 48.5 Å². The molecule has 5 heteroatoms. The molecule has 0 aliphatic heterocycles. The number of carbonyl (C=O) groups excluding carboxylic acids is 1. The minimum Gasteiger partial charge on any atom is -0.376 e. The van der Waals surface area contributed by atoms with Gasteiger partial charge in [-0.05, 0) is 52.3 Å². The molecule has 0 bridgehead atoms. The van der Waals surface area contributed by atoms with Crippen LogP contribution in [0.25, 0.3) is 0 Å². The number of nitrogens with one attached hydrogen (secondary N) is 2. The number of halogens is 2. The molecular formula is C14H12Br2N2O. The normalized spacial score (nSPS) is 10.0. The molecule has 0 saturated carbocycles. The predicted octanol–water partition coefficient (Wildman–Crippen LogP) is 4.26. The lowest BCUT2D eigenvalue weighted by atomic mass is 10.3. The number of anilines is 2. The summed E-state index contributed by atoms with van der Waals surface area (Å²) in [6.45, 7) is 0.225. The van der Waals surface area contributed by atoms with Crippen molar-refractivity contribution in [3.63, 3.8) is 0 Å². The van der Waals surface area contributed by atoms with E-state index < -0.39 is 0 Å². The van der Waals surface area contributed by atoms with Crippen molar-refractivity contribution in [2.45, 2.75) is 0 Å². The van der Waals surface area contributed by atoms with E-state index in [-0.39, 0.29) is 12.5 Å². The molecule has 0 saturated heterocycles. The molecule has 19 heavy (non-hydrogen) atoms. The lowest BCUT2D eigenvalue weighted by Crippen LogP contribution is -2.21. The van der Waals surface area contributed by atoms with Crippen molar-refractivity contribution in [1.82, 2.24) is 0 Å². The summed E-state index contributed by atoms with van der Waals surface area (Å²) < 4.78 is 1.88. The second-order valence-electron chi connectivity index (χ2n) is 3.89. The minimum atomic E-state index is -0.0881. The van der Waals surface area contributed by atoms with Gasteiger partial charge in [-0.3, -0.25) is 4.79 Å². The standard InChI is InChI=1S/C14H12Br2N2O/c15-10-5-7-11(8-6-10)17-9-14(19)18-13-4-2-1-3-12(13)16/h1-8,17H,9H2,(H,18,19). The van der Waals surface area contributed by atoms with Crippen LogP contribution in [0.4, 0.5) is 11.4 Å². The first-order chi connectivity index (χ1) is 9.15. The Morgan fingerprint density at radius 3 is 2.37 bits per heavy atom. The van der Waals surface area contributed by atoms with Gasteiger partial charge in [0, 0.05) is 14.6 Å². The molecule has 2 N–H and O–H groups in total. The van der Waals surface area contributed by atoms with Gasteiger partial charge in [-0.2, -0.15) is 0 Å². The van der Waals surface area contributed by atoms with Gasteiger partial charge >= 0.3 is 0 Å². The molecule has 0 fully saturated rings. The lowest BCUT2D eigenvalue weighted by molar-refractivity contribution is -0.114. The maximum Gasteiger partial charge on any atom is 0.243 e. The zero-order chi connectivity index (χ0) is 13.7. The zero-order valence-corrected chi connectivity index (χ0v) is 13.2. The second-order valence-corrected chi connectivity index (χ2v) is 5.66. The minimum absolute atomic E-state index is 0.0881. The van der Waals surface area contributed by atoms with Crippen LogP contribution in [0.5, 0.6) is 0 Å². The van der Waals surface area contributed by atoms with E-state index in [1.165, 1.54) is 0 Å². The van der Waals surface area contributed by atoms with Crippen LogP contribution < -0.4 is 10.6 Å². The van der Waals surface area contributed by atoms with Gasteiger partial charge in [0.15, 0.2) is 0 Å². The maximum absolute atomic E-state index is 11.8. The molecule has 0 unspecified atom stereocenters. The van der Waals surface area contributed by atoms with Crippen molar-refractivity contribution in [3.05, 3.63) is 57.5 Å². The molecule has 0 aromatic heterocycles. The van der Waals surface area contributed by atoms with Crippen LogP contribution in [0, 0.1) is 0 Å². The summed E-state index contributed by atoms with van der Waals surface area (Å²) in [6, 6.07) is 15.2. The monoisotopic (exact) mass is 382 g/mol. The summed E-state index contributed by atoms with van der Waals surface area (Å²) in [7, 11) is 0. The first kappa shape index (κ1) is 14.1. The number of benzene rings is 2. The molecule has 3 nitrogen and oxygen atoms in total. The summed E-state index contributed by atoms with van der Waals surface area (Å²) in [5.74, 6) is -0.0881. The zero-order valence-electron chi connectivity index (χ0n) is 9.99. The van der Waals surface area contributed by atoms with Gasteiger partial charge in [0.2, 0.25) is 5.91 Å². The Kier molecular flexibility index (Phi) is 4.99. The highest BCUT2D eigenvalue weighted by Gasteiger charge is 2.04. The lowest BCUT2D eigenvalue weighted by Gasteiger charge is -2.09. The number of hydrogen-bond acceptors (Lipinski definition) is 2. The average molecular weight is 384 g/mol. The number of para-hydroxylation sites is 1. The molecule has 0 radical (unpaired) electrons. The van der Waals surface area contributed by atoms with Gasteiger partial charge in [0.05, 0.1) is 12.2 Å². The number of carbonyl (C=O) groups is 1. The van der Waals surface area contributed by atoms with Crippen molar-refractivity contribution in [2.24, 2.45) is 0 Å². The molecule has 0 heterocycles. The van der Waals surface area contributed by atoms with Crippen molar-refractivity contribution in [2.75, 3.05) is 17.2 Å². The molecule has 98 valence electrons. The fourth-order valence-corrected chi connectivity index (χ4v) is 2.16. The third-order valence-electron chi connectivity index (χ3n) is 2.45. The summed E-state index contributed by atoms with van der Waals surface area (Å²) >= 11 is 6.75. The van der Waals surface area contributed by atoms with E-state index in [9.17, 15) is 4.79 Å². The molecular weight excluding hydrogens is 372 g/mol. The molecule has 2 aromatic carbocycles.